The maximum Gasteiger partial charge on any atom is 0.194 e. The van der Waals surface area contributed by atoms with Crippen molar-refractivity contribution >= 4 is 17.5 Å². The van der Waals surface area contributed by atoms with Gasteiger partial charge in [-0.2, -0.15) is 0 Å². The lowest BCUT2D eigenvalue weighted by Crippen LogP contribution is -2.53. The average molecular weight is 423 g/mol. The van der Waals surface area contributed by atoms with Crippen molar-refractivity contribution in [3.8, 4) is 0 Å². The summed E-state index contributed by atoms with van der Waals surface area (Å²) in [5, 5.41) is 20.3. The monoisotopic (exact) mass is 423 g/mol. The Balaban J connectivity index is 2.10. The minimum atomic E-state index is -1.59. The summed E-state index contributed by atoms with van der Waals surface area (Å²) < 4.78 is 51.0. The van der Waals surface area contributed by atoms with Crippen molar-refractivity contribution in [1.29, 1.82) is 0 Å². The van der Waals surface area contributed by atoms with Gasteiger partial charge in [-0.25, -0.2) is 19.0 Å². The number of aliphatic hydroxyl groups is 2. The molecule has 0 amide bonds. The molecule has 1 aliphatic heterocycles. The van der Waals surface area contributed by atoms with E-state index in [0.29, 0.717) is 0 Å². The molecule has 7 nitrogen and oxygen atoms in total. The van der Waals surface area contributed by atoms with Crippen LogP contribution in [0.5, 0.6) is 0 Å². The summed E-state index contributed by atoms with van der Waals surface area (Å²) in [4.78, 5) is 0. The highest BCUT2D eigenvalue weighted by atomic mass is 32.2. The van der Waals surface area contributed by atoms with Gasteiger partial charge in [0.2, 0.25) is 0 Å². The number of hydrogen-bond donors (Lipinski definition) is 4. The van der Waals surface area contributed by atoms with Crippen molar-refractivity contribution in [3.05, 3.63) is 41.3 Å². The van der Waals surface area contributed by atoms with Crippen molar-refractivity contribution in [3.63, 3.8) is 0 Å². The summed E-state index contributed by atoms with van der Waals surface area (Å²) in [6, 6.07) is 1.52. The molecule has 28 heavy (non-hydrogen) atoms. The smallest absolute Gasteiger partial charge is 0.194 e. The van der Waals surface area contributed by atoms with Crippen LogP contribution in [0.15, 0.2) is 18.3 Å². The maximum absolute atomic E-state index is 13.4. The number of benzene rings is 1. The highest BCUT2D eigenvalue weighted by molar-refractivity contribution is 7.99. The van der Waals surface area contributed by atoms with Gasteiger partial charge in [-0.15, -0.1) is 11.8 Å². The zero-order valence-corrected chi connectivity index (χ0v) is 16.0. The summed E-state index contributed by atoms with van der Waals surface area (Å²) in [6.07, 6.45) is -0.775. The van der Waals surface area contributed by atoms with E-state index in [4.69, 9.17) is 21.1 Å². The van der Waals surface area contributed by atoms with E-state index in [1.165, 1.54) is 18.0 Å². The molecule has 0 radical (unpaired) electrons. The molecule has 0 saturated carbocycles. The van der Waals surface area contributed by atoms with Crippen LogP contribution in [0.1, 0.15) is 18.9 Å². The third-order valence-corrected chi connectivity index (χ3v) is 5.31. The zero-order chi connectivity index (χ0) is 20.8. The van der Waals surface area contributed by atoms with E-state index in [0.717, 1.165) is 29.3 Å². The van der Waals surface area contributed by atoms with Crippen LogP contribution in [0.25, 0.3) is 5.70 Å². The van der Waals surface area contributed by atoms with E-state index < -0.39 is 48.0 Å². The van der Waals surface area contributed by atoms with E-state index in [9.17, 15) is 23.4 Å². The third-order valence-electron chi connectivity index (χ3n) is 3.92. The highest BCUT2D eigenvalue weighted by Gasteiger charge is 2.38. The van der Waals surface area contributed by atoms with Gasteiger partial charge in [0.05, 0.1) is 18.8 Å². The molecule has 4 unspecified atom stereocenters. The Morgan fingerprint density at radius 3 is 2.46 bits per heavy atom. The van der Waals surface area contributed by atoms with Crippen LogP contribution in [0, 0.1) is 17.5 Å². The Kier molecular flexibility index (Phi) is 8.40. The van der Waals surface area contributed by atoms with E-state index in [1.807, 2.05) is 6.92 Å². The van der Waals surface area contributed by atoms with Gasteiger partial charge in [0.15, 0.2) is 23.7 Å². The summed E-state index contributed by atoms with van der Waals surface area (Å²) in [7, 11) is 0. The Hall–Kier alpha value is -1.50. The molecule has 158 valence electrons. The summed E-state index contributed by atoms with van der Waals surface area (Å²) >= 11 is 1.44. The van der Waals surface area contributed by atoms with Crippen LogP contribution in [0.3, 0.4) is 0 Å². The van der Waals surface area contributed by atoms with Gasteiger partial charge < -0.3 is 30.4 Å². The number of hydrazine groups is 1. The molecule has 1 aliphatic rings. The molecular weight excluding hydrogens is 399 g/mol. The highest BCUT2D eigenvalue weighted by Crippen LogP contribution is 2.28. The summed E-state index contributed by atoms with van der Waals surface area (Å²) in [6.45, 7) is 1.62. The van der Waals surface area contributed by atoms with Crippen molar-refractivity contribution in [2.75, 3.05) is 18.9 Å². The SMILES string of the molecule is CCCSC1OC(CO)C(O)OC1CN(N)/C=C(\N)c1cc(F)c(F)c(F)c1. The number of rotatable bonds is 8. The molecule has 0 spiro atoms. The first-order valence-electron chi connectivity index (χ1n) is 8.61. The van der Waals surface area contributed by atoms with Crippen molar-refractivity contribution in [2.24, 2.45) is 11.6 Å². The lowest BCUT2D eigenvalue weighted by atomic mass is 10.1. The Labute approximate surface area is 165 Å². The van der Waals surface area contributed by atoms with E-state index in [1.54, 1.807) is 0 Å². The predicted octanol–water partition coefficient (Wildman–Crippen LogP) is 1.10. The Bertz CT molecular complexity index is 675. The number of ether oxygens (including phenoxy) is 2. The molecule has 1 aromatic carbocycles. The topological polar surface area (TPSA) is 114 Å². The van der Waals surface area contributed by atoms with E-state index >= 15 is 0 Å². The van der Waals surface area contributed by atoms with Gasteiger partial charge in [-0.05, 0) is 24.3 Å². The lowest BCUT2D eigenvalue weighted by molar-refractivity contribution is -0.273. The maximum atomic E-state index is 13.4. The molecule has 0 bridgehead atoms. The number of aliphatic hydroxyl groups excluding tert-OH is 2. The third kappa shape index (κ3) is 5.75. The molecule has 11 heteroatoms. The van der Waals surface area contributed by atoms with Gasteiger partial charge in [0.25, 0.3) is 0 Å². The Morgan fingerprint density at radius 2 is 1.89 bits per heavy atom. The van der Waals surface area contributed by atoms with Gasteiger partial charge in [-0.1, -0.05) is 6.92 Å². The molecule has 1 heterocycles. The number of hydrogen-bond acceptors (Lipinski definition) is 8. The summed E-state index contributed by atoms with van der Waals surface area (Å²) in [5.41, 5.74) is 5.13. The van der Waals surface area contributed by atoms with Crippen LogP contribution in [-0.4, -0.2) is 58.1 Å². The molecule has 4 atom stereocenters. The van der Waals surface area contributed by atoms with Crippen LogP contribution < -0.4 is 11.6 Å². The Morgan fingerprint density at radius 1 is 1.25 bits per heavy atom. The van der Waals surface area contributed by atoms with E-state index in [-0.39, 0.29) is 17.8 Å². The average Bonchev–Trinajstić information content (AvgIpc) is 2.64. The summed E-state index contributed by atoms with van der Waals surface area (Å²) in [5.74, 6) is 2.33. The van der Waals surface area contributed by atoms with Gasteiger partial charge in [0.1, 0.15) is 17.6 Å². The molecule has 0 aliphatic carbocycles. The normalized spacial score (nSPS) is 25.8. The zero-order valence-electron chi connectivity index (χ0n) is 15.2. The molecule has 2 rings (SSSR count). The van der Waals surface area contributed by atoms with Gasteiger partial charge in [0, 0.05) is 11.8 Å². The molecular formula is C17H24F3N3O4S. The van der Waals surface area contributed by atoms with Crippen LogP contribution in [0.4, 0.5) is 13.2 Å². The van der Waals surface area contributed by atoms with Crippen LogP contribution in [0.2, 0.25) is 0 Å². The lowest BCUT2D eigenvalue weighted by Gasteiger charge is -2.39. The standard InChI is InChI=1S/C17H24F3N3O4S/c1-2-3-28-17-13(26-16(25)14(8-24)27-17)7-23(22)6-12(21)9-4-10(18)15(20)11(19)5-9/h4-6,13-14,16-17,24-25H,2-3,7-8,21-22H2,1H3/b12-6-. The van der Waals surface area contributed by atoms with Crippen molar-refractivity contribution < 1.29 is 32.9 Å². The minimum Gasteiger partial charge on any atom is -0.397 e. The van der Waals surface area contributed by atoms with Gasteiger partial charge >= 0.3 is 0 Å². The first-order chi connectivity index (χ1) is 13.3. The second kappa shape index (κ2) is 10.3. The second-order valence-corrected chi connectivity index (χ2v) is 7.40. The molecule has 1 fully saturated rings. The fourth-order valence-electron chi connectivity index (χ4n) is 2.54. The quantitative estimate of drug-likeness (QED) is 0.279. The predicted molar refractivity (Wildman–Crippen MR) is 98.7 cm³/mol. The molecule has 6 N–H and O–H groups in total. The minimum absolute atomic E-state index is 0.0312. The van der Waals surface area contributed by atoms with Crippen LogP contribution >= 0.6 is 11.8 Å². The van der Waals surface area contributed by atoms with Crippen molar-refractivity contribution in [2.45, 2.75) is 37.3 Å². The van der Waals surface area contributed by atoms with Gasteiger partial charge in [-0.3, -0.25) is 0 Å². The number of nitrogens with zero attached hydrogens (tertiary/aromatic N) is 1. The van der Waals surface area contributed by atoms with E-state index in [2.05, 4.69) is 0 Å². The molecule has 1 aromatic rings. The fourth-order valence-corrected chi connectivity index (χ4v) is 3.59. The second-order valence-electron chi connectivity index (χ2n) is 6.20. The molecule has 0 aromatic heterocycles. The molecule has 1 saturated heterocycles. The first kappa shape index (κ1) is 22.8. The van der Waals surface area contributed by atoms with Crippen LogP contribution in [-0.2, 0) is 9.47 Å². The largest absolute Gasteiger partial charge is 0.397 e. The van der Waals surface area contributed by atoms with Crippen molar-refractivity contribution in [1.82, 2.24) is 5.01 Å². The number of nitrogens with two attached hydrogens (primary N) is 2. The number of halogens is 3. The first-order valence-corrected chi connectivity index (χ1v) is 9.66. The fraction of sp³-hybridized carbons (Fsp3) is 0.529. The number of thioether (sulfide) groups is 1.